The van der Waals surface area contributed by atoms with Gasteiger partial charge in [-0.25, -0.2) is 8.42 Å². The van der Waals surface area contributed by atoms with E-state index < -0.39 is 10.0 Å². The van der Waals surface area contributed by atoms with Crippen LogP contribution in [0.25, 0.3) is 0 Å². The van der Waals surface area contributed by atoms with Crippen LogP contribution in [0.1, 0.15) is 26.7 Å². The Balaban J connectivity index is 2.01. The number of hydrogen-bond acceptors (Lipinski definition) is 4. The summed E-state index contributed by atoms with van der Waals surface area (Å²) in [6.45, 7) is 6.29. The van der Waals surface area contributed by atoms with Crippen LogP contribution in [0, 0.1) is 17.8 Å². The first-order chi connectivity index (χ1) is 9.79. The van der Waals surface area contributed by atoms with Crippen molar-refractivity contribution in [2.75, 3.05) is 32.6 Å². The first kappa shape index (κ1) is 16.7. The molecule has 0 aromatic carbocycles. The lowest BCUT2D eigenvalue weighted by atomic mass is 9.90. The molecule has 122 valence electrons. The van der Waals surface area contributed by atoms with Crippen LogP contribution in [-0.2, 0) is 19.6 Å². The summed E-state index contributed by atoms with van der Waals surface area (Å²) in [5.41, 5.74) is 0. The van der Waals surface area contributed by atoms with E-state index in [1.54, 1.807) is 0 Å². The molecule has 0 unspecified atom stereocenters. The third kappa shape index (κ3) is 4.17. The van der Waals surface area contributed by atoms with Crippen molar-refractivity contribution in [3.63, 3.8) is 0 Å². The molecule has 2 aliphatic heterocycles. The SMILES string of the molecule is CC(C)[C@@H]1CN(S(C)(=O)=O)C[C@H]1NC(=O)C1CCOCC1. The molecule has 2 fully saturated rings. The number of carbonyl (C=O) groups is 1. The van der Waals surface area contributed by atoms with Crippen LogP contribution in [0.4, 0.5) is 0 Å². The van der Waals surface area contributed by atoms with Crippen molar-refractivity contribution in [3.8, 4) is 0 Å². The van der Waals surface area contributed by atoms with Gasteiger partial charge in [-0.05, 0) is 24.7 Å². The Bertz CT molecular complexity index is 471. The normalized spacial score (nSPS) is 29.0. The number of carbonyl (C=O) groups excluding carboxylic acids is 1. The zero-order valence-corrected chi connectivity index (χ0v) is 13.9. The zero-order chi connectivity index (χ0) is 15.6. The number of rotatable bonds is 4. The van der Waals surface area contributed by atoms with Crippen LogP contribution in [0.5, 0.6) is 0 Å². The highest BCUT2D eigenvalue weighted by Gasteiger charge is 2.40. The van der Waals surface area contributed by atoms with E-state index in [1.165, 1.54) is 10.6 Å². The quantitative estimate of drug-likeness (QED) is 0.816. The summed E-state index contributed by atoms with van der Waals surface area (Å²) in [6.07, 6.45) is 2.73. The largest absolute Gasteiger partial charge is 0.381 e. The van der Waals surface area contributed by atoms with E-state index in [1.807, 2.05) is 0 Å². The number of ether oxygens (including phenoxy) is 1. The fourth-order valence-corrected chi connectivity index (χ4v) is 4.03. The summed E-state index contributed by atoms with van der Waals surface area (Å²) in [7, 11) is -3.20. The smallest absolute Gasteiger partial charge is 0.223 e. The van der Waals surface area contributed by atoms with Gasteiger partial charge in [0, 0.05) is 38.3 Å². The molecule has 21 heavy (non-hydrogen) atoms. The van der Waals surface area contributed by atoms with Gasteiger partial charge in [0.05, 0.1) is 6.26 Å². The topological polar surface area (TPSA) is 75.7 Å². The lowest BCUT2D eigenvalue weighted by molar-refractivity contribution is -0.128. The van der Waals surface area contributed by atoms with Crippen molar-refractivity contribution in [2.45, 2.75) is 32.7 Å². The molecule has 2 saturated heterocycles. The Morgan fingerprint density at radius 1 is 1.24 bits per heavy atom. The molecular weight excluding hydrogens is 292 g/mol. The molecule has 6 nitrogen and oxygen atoms in total. The van der Waals surface area contributed by atoms with Gasteiger partial charge in [0.15, 0.2) is 0 Å². The van der Waals surface area contributed by atoms with Gasteiger partial charge in [-0.2, -0.15) is 4.31 Å². The molecule has 2 heterocycles. The molecule has 0 spiro atoms. The fraction of sp³-hybridized carbons (Fsp3) is 0.929. The molecule has 7 heteroatoms. The van der Waals surface area contributed by atoms with E-state index >= 15 is 0 Å². The molecule has 0 aromatic rings. The maximum Gasteiger partial charge on any atom is 0.223 e. The molecule has 1 amide bonds. The van der Waals surface area contributed by atoms with E-state index in [9.17, 15) is 13.2 Å². The Morgan fingerprint density at radius 3 is 2.38 bits per heavy atom. The second-order valence-corrected chi connectivity index (χ2v) is 8.47. The first-order valence-corrected chi connectivity index (χ1v) is 9.47. The standard InChI is InChI=1S/C14H26N2O4S/c1-10(2)12-8-16(21(3,18)19)9-13(12)15-14(17)11-4-6-20-7-5-11/h10-13H,4-9H2,1-3H3,(H,15,17)/t12-,13+/m0/s1. The van der Waals surface area contributed by atoms with Gasteiger partial charge >= 0.3 is 0 Å². The lowest BCUT2D eigenvalue weighted by Gasteiger charge is -2.27. The molecule has 0 aromatic heterocycles. The minimum absolute atomic E-state index is 0.00107. The average molecular weight is 318 g/mol. The van der Waals surface area contributed by atoms with E-state index in [-0.39, 0.29) is 23.8 Å². The van der Waals surface area contributed by atoms with Gasteiger partial charge in [-0.15, -0.1) is 0 Å². The van der Waals surface area contributed by atoms with Crippen LogP contribution in [0.3, 0.4) is 0 Å². The van der Waals surface area contributed by atoms with E-state index in [2.05, 4.69) is 19.2 Å². The van der Waals surface area contributed by atoms with Gasteiger partial charge in [-0.1, -0.05) is 13.8 Å². The van der Waals surface area contributed by atoms with E-state index in [0.29, 0.717) is 32.2 Å². The Kier molecular flexibility index (Phi) is 5.27. The second-order valence-electron chi connectivity index (χ2n) is 6.49. The molecule has 1 N–H and O–H groups in total. The highest BCUT2D eigenvalue weighted by atomic mass is 32.2. The summed E-state index contributed by atoms with van der Waals surface area (Å²) >= 11 is 0. The summed E-state index contributed by atoms with van der Waals surface area (Å²) in [5, 5.41) is 3.08. The predicted octanol–water partition coefficient (Wildman–Crippen LogP) is 0.445. The minimum Gasteiger partial charge on any atom is -0.381 e. The number of nitrogens with one attached hydrogen (secondary N) is 1. The molecule has 2 rings (SSSR count). The summed E-state index contributed by atoms with van der Waals surface area (Å²) in [5.74, 6) is 0.545. The third-order valence-corrected chi connectivity index (χ3v) is 5.81. The summed E-state index contributed by atoms with van der Waals surface area (Å²) in [6, 6.07) is -0.0879. The van der Waals surface area contributed by atoms with Gasteiger partial charge in [0.2, 0.25) is 15.9 Å². The molecule has 0 aliphatic carbocycles. The number of hydrogen-bond donors (Lipinski definition) is 1. The van der Waals surface area contributed by atoms with Crippen LogP contribution in [0.2, 0.25) is 0 Å². The van der Waals surface area contributed by atoms with Gasteiger partial charge in [-0.3, -0.25) is 4.79 Å². The number of nitrogens with zero attached hydrogens (tertiary/aromatic N) is 1. The van der Waals surface area contributed by atoms with Crippen molar-refractivity contribution in [3.05, 3.63) is 0 Å². The van der Waals surface area contributed by atoms with E-state index in [0.717, 1.165) is 12.8 Å². The zero-order valence-electron chi connectivity index (χ0n) is 13.0. The van der Waals surface area contributed by atoms with Crippen molar-refractivity contribution >= 4 is 15.9 Å². The molecular formula is C14H26N2O4S. The van der Waals surface area contributed by atoms with Gasteiger partial charge in [0.1, 0.15) is 0 Å². The van der Waals surface area contributed by atoms with Crippen molar-refractivity contribution in [2.24, 2.45) is 17.8 Å². The molecule has 0 radical (unpaired) electrons. The van der Waals surface area contributed by atoms with Crippen molar-refractivity contribution < 1.29 is 17.9 Å². The maximum absolute atomic E-state index is 12.3. The Labute approximate surface area is 127 Å². The third-order valence-electron chi connectivity index (χ3n) is 4.58. The lowest BCUT2D eigenvalue weighted by Crippen LogP contribution is -2.45. The first-order valence-electron chi connectivity index (χ1n) is 7.62. The van der Waals surface area contributed by atoms with E-state index in [4.69, 9.17) is 4.74 Å². The minimum atomic E-state index is -3.20. The predicted molar refractivity (Wildman–Crippen MR) is 80.2 cm³/mol. The van der Waals surface area contributed by atoms with Crippen molar-refractivity contribution in [1.82, 2.24) is 9.62 Å². The molecule has 0 saturated carbocycles. The monoisotopic (exact) mass is 318 g/mol. The summed E-state index contributed by atoms with van der Waals surface area (Å²) < 4.78 is 30.2. The Morgan fingerprint density at radius 2 is 1.86 bits per heavy atom. The molecule has 2 aliphatic rings. The molecule has 2 atom stereocenters. The number of amides is 1. The van der Waals surface area contributed by atoms with Gasteiger partial charge < -0.3 is 10.1 Å². The van der Waals surface area contributed by atoms with Crippen LogP contribution >= 0.6 is 0 Å². The maximum atomic E-state index is 12.3. The fourth-order valence-electron chi connectivity index (χ4n) is 3.15. The summed E-state index contributed by atoms with van der Waals surface area (Å²) in [4.78, 5) is 12.3. The van der Waals surface area contributed by atoms with Crippen LogP contribution < -0.4 is 5.32 Å². The number of sulfonamides is 1. The average Bonchev–Trinajstić information content (AvgIpc) is 2.84. The highest BCUT2D eigenvalue weighted by Crippen LogP contribution is 2.27. The van der Waals surface area contributed by atoms with Crippen molar-refractivity contribution in [1.29, 1.82) is 0 Å². The second kappa shape index (κ2) is 6.62. The highest BCUT2D eigenvalue weighted by molar-refractivity contribution is 7.88. The Hall–Kier alpha value is -0.660. The van der Waals surface area contributed by atoms with Gasteiger partial charge in [0.25, 0.3) is 0 Å². The molecule has 0 bridgehead atoms. The van der Waals surface area contributed by atoms with Crippen LogP contribution in [-0.4, -0.2) is 57.2 Å². The van der Waals surface area contributed by atoms with Crippen LogP contribution in [0.15, 0.2) is 0 Å².